The molecule has 230 valence electrons. The van der Waals surface area contributed by atoms with Gasteiger partial charge in [-0.25, -0.2) is 4.79 Å². The van der Waals surface area contributed by atoms with Crippen LogP contribution in [0.2, 0.25) is 0 Å². The molecule has 0 bridgehead atoms. The number of rotatable bonds is 7. The number of hydrogen-bond donors (Lipinski definition) is 3. The Morgan fingerprint density at radius 3 is 2.44 bits per heavy atom. The lowest BCUT2D eigenvalue weighted by atomic mass is 9.65. The van der Waals surface area contributed by atoms with E-state index >= 15 is 0 Å². The van der Waals surface area contributed by atoms with Crippen LogP contribution in [0.1, 0.15) is 36.8 Å². The lowest BCUT2D eigenvalue weighted by Crippen LogP contribution is -2.52. The van der Waals surface area contributed by atoms with Gasteiger partial charge in [-0.1, -0.05) is 36.4 Å². The Kier molecular flexibility index (Phi) is 10.5. The first-order chi connectivity index (χ1) is 20.6. The first-order valence-corrected chi connectivity index (χ1v) is 14.2. The van der Waals surface area contributed by atoms with Crippen LogP contribution in [0.5, 0.6) is 11.5 Å². The van der Waals surface area contributed by atoms with Gasteiger partial charge in [-0.2, -0.15) is 13.2 Å². The minimum atomic E-state index is -5.08. The van der Waals surface area contributed by atoms with Gasteiger partial charge in [0.2, 0.25) is 0 Å². The Morgan fingerprint density at radius 1 is 1.09 bits per heavy atom. The van der Waals surface area contributed by atoms with E-state index in [0.717, 1.165) is 56.0 Å². The number of fused-ring (bicyclic) bond motifs is 1. The molecular formula is C31H35F3N4O4S. The number of nitrogens with one attached hydrogen (secondary N) is 2. The van der Waals surface area contributed by atoms with Crippen molar-refractivity contribution in [3.05, 3.63) is 84.2 Å². The number of benzene rings is 2. The molecule has 2 heterocycles. The molecule has 0 spiro atoms. The zero-order valence-corrected chi connectivity index (χ0v) is 24.8. The number of halogens is 3. The molecule has 1 saturated carbocycles. The molecule has 0 amide bonds. The quantitative estimate of drug-likeness (QED) is 0.286. The molecule has 12 heteroatoms. The average Bonchev–Trinajstić information content (AvgIpc) is 3.36. The van der Waals surface area contributed by atoms with Crippen molar-refractivity contribution >= 4 is 29.0 Å². The van der Waals surface area contributed by atoms with Gasteiger partial charge in [-0.05, 0) is 79.8 Å². The second-order valence-electron chi connectivity index (χ2n) is 10.6. The van der Waals surface area contributed by atoms with Crippen molar-refractivity contribution in [1.82, 2.24) is 15.2 Å². The van der Waals surface area contributed by atoms with E-state index in [1.807, 2.05) is 12.1 Å². The van der Waals surface area contributed by atoms with Crippen LogP contribution in [0.25, 0.3) is 0 Å². The molecule has 8 nitrogen and oxygen atoms in total. The highest BCUT2D eigenvalue weighted by molar-refractivity contribution is 7.80. The summed E-state index contributed by atoms with van der Waals surface area (Å²) in [5, 5.41) is 14.7. The fraction of sp³-hybridized carbons (Fsp3) is 0.387. The van der Waals surface area contributed by atoms with E-state index < -0.39 is 12.1 Å². The molecule has 3 atom stereocenters. The number of ether oxygens (including phenoxy) is 2. The molecule has 1 aliphatic heterocycles. The van der Waals surface area contributed by atoms with Gasteiger partial charge in [0.25, 0.3) is 0 Å². The molecular weight excluding hydrogens is 581 g/mol. The van der Waals surface area contributed by atoms with Gasteiger partial charge in [0, 0.05) is 30.2 Å². The highest BCUT2D eigenvalue weighted by atomic mass is 32.1. The monoisotopic (exact) mass is 616 g/mol. The van der Waals surface area contributed by atoms with Crippen LogP contribution in [0, 0.1) is 0 Å². The third-order valence-corrected chi connectivity index (χ3v) is 8.27. The highest BCUT2D eigenvalue weighted by Gasteiger charge is 2.51. The molecule has 2 aromatic carbocycles. The zero-order valence-electron chi connectivity index (χ0n) is 23.9. The number of aliphatic carboxylic acids is 1. The molecule has 0 radical (unpaired) electrons. The minimum absolute atomic E-state index is 0.0743. The van der Waals surface area contributed by atoms with Crippen molar-refractivity contribution in [3.8, 4) is 11.5 Å². The molecule has 0 unspecified atom stereocenters. The second-order valence-corrected chi connectivity index (χ2v) is 11.0. The lowest BCUT2D eigenvalue weighted by molar-refractivity contribution is -0.192. The molecule has 1 saturated heterocycles. The number of methoxy groups -OCH3 is 2. The number of likely N-dealkylation sites (tertiary alicyclic amines) is 1. The summed E-state index contributed by atoms with van der Waals surface area (Å²) in [5.41, 5.74) is 3.67. The molecule has 43 heavy (non-hydrogen) atoms. The smallest absolute Gasteiger partial charge is 0.490 e. The number of nitrogens with zero attached hydrogens (tertiary/aromatic N) is 2. The topological polar surface area (TPSA) is 96.0 Å². The van der Waals surface area contributed by atoms with E-state index in [9.17, 15) is 13.2 Å². The fourth-order valence-corrected chi connectivity index (χ4v) is 6.34. The van der Waals surface area contributed by atoms with Gasteiger partial charge < -0.3 is 25.2 Å². The van der Waals surface area contributed by atoms with Crippen LogP contribution < -0.4 is 20.1 Å². The fourth-order valence-electron chi connectivity index (χ4n) is 6.05. The summed E-state index contributed by atoms with van der Waals surface area (Å²) in [5.74, 6) is -1.19. The van der Waals surface area contributed by atoms with Gasteiger partial charge in [-0.15, -0.1) is 0 Å². The van der Waals surface area contributed by atoms with Crippen LogP contribution in [0.4, 0.5) is 18.9 Å². The summed E-state index contributed by atoms with van der Waals surface area (Å²) in [6, 6.07) is 21.8. The molecule has 2 fully saturated rings. The number of anilines is 1. The van der Waals surface area contributed by atoms with Gasteiger partial charge in [0.1, 0.15) is 0 Å². The van der Waals surface area contributed by atoms with E-state index in [4.69, 9.17) is 31.6 Å². The number of pyridine rings is 1. The number of thiocarbonyl (C=S) groups is 1. The molecule has 5 rings (SSSR count). The Bertz CT molecular complexity index is 1380. The van der Waals surface area contributed by atoms with E-state index in [0.29, 0.717) is 17.2 Å². The second kappa shape index (κ2) is 14.0. The number of aromatic nitrogens is 1. The number of alkyl halides is 3. The van der Waals surface area contributed by atoms with Crippen molar-refractivity contribution in [2.75, 3.05) is 26.1 Å². The van der Waals surface area contributed by atoms with Crippen molar-refractivity contribution in [1.29, 1.82) is 0 Å². The first kappa shape index (κ1) is 32.0. The highest BCUT2D eigenvalue weighted by Crippen LogP contribution is 2.50. The predicted octanol–water partition coefficient (Wildman–Crippen LogP) is 5.78. The maximum absolute atomic E-state index is 10.6. The van der Waals surface area contributed by atoms with Gasteiger partial charge >= 0.3 is 12.1 Å². The summed E-state index contributed by atoms with van der Waals surface area (Å²) in [6.07, 6.45) is 2.76. The van der Waals surface area contributed by atoms with Gasteiger partial charge in [0.15, 0.2) is 16.6 Å². The SMILES string of the molecule is COc1ccc([C@@]23CC[C@@H](NC(=S)Nc4cccnc4)C[C@@H]2N(Cc2ccccc2)CC3)cc1OC.O=C(O)C(F)(F)F. The Morgan fingerprint density at radius 2 is 1.81 bits per heavy atom. The Labute approximate surface area is 254 Å². The molecule has 3 N–H and O–H groups in total. The molecule has 1 aliphatic carbocycles. The van der Waals surface area contributed by atoms with Crippen LogP contribution >= 0.6 is 12.2 Å². The number of carbonyl (C=O) groups is 1. The standard InChI is InChI=1S/C29H34N4O2S.C2HF3O2/c1-34-25-11-10-22(17-26(25)35-2)29-13-12-23(31-28(36)32-24-9-6-15-30-19-24)18-27(29)33(16-14-29)20-21-7-4-3-5-8-21;3-2(4,5)1(6)7/h3-11,15,17,19,23,27H,12-14,16,18,20H2,1-2H3,(H2,31,32,36);(H,6,7)/t23-,27+,29+;/m1./s1. The molecule has 2 aliphatic rings. The average molecular weight is 617 g/mol. The van der Waals surface area contributed by atoms with Gasteiger partial charge in [0.05, 0.1) is 26.1 Å². The molecule has 1 aromatic heterocycles. The summed E-state index contributed by atoms with van der Waals surface area (Å²) in [7, 11) is 3.40. The van der Waals surface area contributed by atoms with E-state index in [1.54, 1.807) is 26.6 Å². The maximum Gasteiger partial charge on any atom is 0.490 e. The maximum atomic E-state index is 10.6. The van der Waals surface area contributed by atoms with E-state index in [1.165, 1.54) is 11.1 Å². The Hall–Kier alpha value is -3.90. The summed E-state index contributed by atoms with van der Waals surface area (Å²) in [4.78, 5) is 15.7. The van der Waals surface area contributed by atoms with Crippen molar-refractivity contribution in [3.63, 3.8) is 0 Å². The summed E-state index contributed by atoms with van der Waals surface area (Å²) < 4.78 is 42.9. The molecule has 3 aromatic rings. The summed E-state index contributed by atoms with van der Waals surface area (Å²) >= 11 is 5.66. The van der Waals surface area contributed by atoms with Gasteiger partial charge in [-0.3, -0.25) is 9.88 Å². The number of hydrogen-bond acceptors (Lipinski definition) is 6. The number of carboxylic acids is 1. The third-order valence-electron chi connectivity index (χ3n) is 8.05. The Balaban J connectivity index is 0.000000541. The van der Waals surface area contributed by atoms with Crippen molar-refractivity contribution in [2.24, 2.45) is 0 Å². The first-order valence-electron chi connectivity index (χ1n) is 13.8. The number of carboxylic acid groups (broad SMARTS) is 1. The van der Waals surface area contributed by atoms with Crippen molar-refractivity contribution < 1.29 is 32.5 Å². The predicted molar refractivity (Wildman–Crippen MR) is 161 cm³/mol. The van der Waals surface area contributed by atoms with Crippen LogP contribution in [-0.2, 0) is 16.8 Å². The largest absolute Gasteiger partial charge is 0.493 e. The lowest BCUT2D eigenvalue weighted by Gasteiger charge is -2.46. The minimum Gasteiger partial charge on any atom is -0.493 e. The van der Waals surface area contributed by atoms with E-state index in [-0.39, 0.29) is 5.41 Å². The summed E-state index contributed by atoms with van der Waals surface area (Å²) in [6.45, 7) is 2.02. The normalized spacial score (nSPS) is 21.5. The zero-order chi connectivity index (χ0) is 31.0. The van der Waals surface area contributed by atoms with Crippen LogP contribution in [-0.4, -0.2) is 65.1 Å². The third kappa shape index (κ3) is 7.94. The van der Waals surface area contributed by atoms with Crippen LogP contribution in [0.15, 0.2) is 73.1 Å². The van der Waals surface area contributed by atoms with E-state index in [2.05, 4.69) is 69.0 Å². The van der Waals surface area contributed by atoms with Crippen molar-refractivity contribution in [2.45, 2.75) is 55.9 Å². The van der Waals surface area contributed by atoms with Crippen LogP contribution in [0.3, 0.4) is 0 Å².